The van der Waals surface area contributed by atoms with Gasteiger partial charge in [0.25, 0.3) is 0 Å². The maximum Gasteiger partial charge on any atom is 0.0353 e. The summed E-state index contributed by atoms with van der Waals surface area (Å²) in [5.74, 6) is 0. The summed E-state index contributed by atoms with van der Waals surface area (Å²) in [6.07, 6.45) is 3.66. The molecule has 0 radical (unpaired) electrons. The van der Waals surface area contributed by atoms with Crippen LogP contribution in [0.2, 0.25) is 0 Å². The number of hydrogen-bond donors (Lipinski definition) is 1. The SMILES string of the molecule is CCC(c1ccc(C)cc1)(c1ccc(C)cc1)C1CCCN1. The molecule has 0 aromatic heterocycles. The van der Waals surface area contributed by atoms with Crippen LogP contribution in [-0.2, 0) is 5.41 Å². The zero-order valence-corrected chi connectivity index (χ0v) is 14.0. The Bertz CT molecular complexity index is 558. The Kier molecular flexibility index (Phi) is 4.35. The van der Waals surface area contributed by atoms with Crippen LogP contribution in [0.25, 0.3) is 0 Å². The van der Waals surface area contributed by atoms with Gasteiger partial charge in [-0.05, 0) is 50.8 Å². The van der Waals surface area contributed by atoms with Crippen molar-refractivity contribution in [3.8, 4) is 0 Å². The molecular weight excluding hydrogens is 266 g/mol. The topological polar surface area (TPSA) is 12.0 Å². The highest BCUT2D eigenvalue weighted by molar-refractivity contribution is 5.43. The van der Waals surface area contributed by atoms with Gasteiger partial charge in [0.15, 0.2) is 0 Å². The number of hydrogen-bond acceptors (Lipinski definition) is 1. The molecule has 116 valence electrons. The van der Waals surface area contributed by atoms with E-state index >= 15 is 0 Å². The summed E-state index contributed by atoms with van der Waals surface area (Å²) in [6.45, 7) is 7.80. The molecule has 0 aliphatic carbocycles. The van der Waals surface area contributed by atoms with E-state index in [2.05, 4.69) is 74.6 Å². The Morgan fingerprint density at radius 3 is 1.77 bits per heavy atom. The molecule has 2 aromatic rings. The molecule has 0 amide bonds. The van der Waals surface area contributed by atoms with Gasteiger partial charge in [-0.1, -0.05) is 66.6 Å². The molecule has 1 aliphatic heterocycles. The first-order valence-corrected chi connectivity index (χ1v) is 8.54. The molecule has 22 heavy (non-hydrogen) atoms. The van der Waals surface area contributed by atoms with Crippen molar-refractivity contribution in [2.75, 3.05) is 6.54 Å². The number of benzene rings is 2. The van der Waals surface area contributed by atoms with Crippen LogP contribution in [0.4, 0.5) is 0 Å². The molecule has 0 saturated carbocycles. The first-order chi connectivity index (χ1) is 10.7. The predicted molar refractivity (Wildman–Crippen MR) is 94.5 cm³/mol. The van der Waals surface area contributed by atoms with E-state index in [9.17, 15) is 0 Å². The number of rotatable bonds is 4. The van der Waals surface area contributed by atoms with Crippen molar-refractivity contribution in [2.24, 2.45) is 0 Å². The van der Waals surface area contributed by atoms with Gasteiger partial charge in [0.2, 0.25) is 0 Å². The molecular formula is C21H27N. The van der Waals surface area contributed by atoms with Crippen LogP contribution in [0.3, 0.4) is 0 Å². The van der Waals surface area contributed by atoms with E-state index in [1.807, 2.05) is 0 Å². The minimum absolute atomic E-state index is 0.0812. The standard InChI is InChI=1S/C21H27N/c1-4-21(20-6-5-15-22-20,18-11-7-16(2)8-12-18)19-13-9-17(3)10-14-19/h7-14,20,22H,4-6,15H2,1-3H3. The summed E-state index contributed by atoms with van der Waals surface area (Å²) in [6, 6.07) is 18.9. The highest BCUT2D eigenvalue weighted by atomic mass is 15.0. The van der Waals surface area contributed by atoms with Gasteiger partial charge in [0.05, 0.1) is 0 Å². The molecule has 1 unspecified atom stereocenters. The molecule has 1 saturated heterocycles. The van der Waals surface area contributed by atoms with Gasteiger partial charge in [-0.3, -0.25) is 0 Å². The lowest BCUT2D eigenvalue weighted by Gasteiger charge is -2.40. The van der Waals surface area contributed by atoms with Gasteiger partial charge >= 0.3 is 0 Å². The van der Waals surface area contributed by atoms with Gasteiger partial charge in [-0.15, -0.1) is 0 Å². The minimum Gasteiger partial charge on any atom is -0.313 e. The Morgan fingerprint density at radius 1 is 0.909 bits per heavy atom. The quantitative estimate of drug-likeness (QED) is 0.857. The van der Waals surface area contributed by atoms with Gasteiger partial charge in [-0.2, -0.15) is 0 Å². The Morgan fingerprint density at radius 2 is 1.41 bits per heavy atom. The van der Waals surface area contributed by atoms with Crippen molar-refractivity contribution < 1.29 is 0 Å². The number of aryl methyl sites for hydroxylation is 2. The molecule has 2 aromatic carbocycles. The van der Waals surface area contributed by atoms with Gasteiger partial charge in [0.1, 0.15) is 0 Å². The zero-order valence-electron chi connectivity index (χ0n) is 14.0. The predicted octanol–water partition coefficient (Wildman–Crippen LogP) is 4.75. The van der Waals surface area contributed by atoms with Crippen molar-refractivity contribution in [3.05, 3.63) is 70.8 Å². The van der Waals surface area contributed by atoms with E-state index in [0.717, 1.165) is 13.0 Å². The second kappa shape index (κ2) is 6.26. The average Bonchev–Trinajstić information content (AvgIpc) is 3.07. The third kappa shape index (κ3) is 2.59. The first-order valence-electron chi connectivity index (χ1n) is 8.54. The normalized spacial score (nSPS) is 18.6. The van der Waals surface area contributed by atoms with E-state index in [-0.39, 0.29) is 5.41 Å². The van der Waals surface area contributed by atoms with Crippen LogP contribution in [0.1, 0.15) is 48.4 Å². The van der Waals surface area contributed by atoms with Crippen molar-refractivity contribution in [1.82, 2.24) is 5.32 Å². The van der Waals surface area contributed by atoms with Crippen LogP contribution in [0, 0.1) is 13.8 Å². The third-order valence-corrected chi connectivity index (χ3v) is 5.35. The molecule has 0 spiro atoms. The van der Waals surface area contributed by atoms with E-state index in [1.54, 1.807) is 0 Å². The van der Waals surface area contributed by atoms with Crippen LogP contribution < -0.4 is 5.32 Å². The zero-order chi connectivity index (χ0) is 15.6. The molecule has 0 bridgehead atoms. The molecule has 1 nitrogen and oxygen atoms in total. The molecule has 1 heteroatoms. The van der Waals surface area contributed by atoms with E-state index < -0.39 is 0 Å². The van der Waals surface area contributed by atoms with Crippen LogP contribution >= 0.6 is 0 Å². The monoisotopic (exact) mass is 293 g/mol. The fraction of sp³-hybridized carbons (Fsp3) is 0.429. The average molecular weight is 293 g/mol. The van der Waals surface area contributed by atoms with E-state index in [1.165, 1.54) is 35.1 Å². The Labute approximate surface area is 134 Å². The van der Waals surface area contributed by atoms with Crippen LogP contribution in [0.5, 0.6) is 0 Å². The molecule has 1 aliphatic rings. The highest BCUT2D eigenvalue weighted by Gasteiger charge is 2.41. The van der Waals surface area contributed by atoms with Gasteiger partial charge in [-0.25, -0.2) is 0 Å². The summed E-state index contributed by atoms with van der Waals surface area (Å²) >= 11 is 0. The van der Waals surface area contributed by atoms with Gasteiger partial charge < -0.3 is 5.32 Å². The lowest BCUT2D eigenvalue weighted by molar-refractivity contribution is 0.364. The summed E-state index contributed by atoms with van der Waals surface area (Å²) in [7, 11) is 0. The van der Waals surface area contributed by atoms with Crippen molar-refractivity contribution >= 4 is 0 Å². The molecule has 1 heterocycles. The molecule has 1 N–H and O–H groups in total. The summed E-state index contributed by atoms with van der Waals surface area (Å²) in [4.78, 5) is 0. The fourth-order valence-electron chi connectivity index (χ4n) is 4.03. The summed E-state index contributed by atoms with van der Waals surface area (Å²) < 4.78 is 0. The number of nitrogens with one attached hydrogen (secondary N) is 1. The lowest BCUT2D eigenvalue weighted by atomic mass is 9.66. The smallest absolute Gasteiger partial charge is 0.0353 e. The molecule has 1 atom stereocenters. The largest absolute Gasteiger partial charge is 0.313 e. The second-order valence-electron chi connectivity index (χ2n) is 6.71. The highest BCUT2D eigenvalue weighted by Crippen LogP contribution is 2.42. The van der Waals surface area contributed by atoms with Crippen molar-refractivity contribution in [1.29, 1.82) is 0 Å². The van der Waals surface area contributed by atoms with Crippen LogP contribution in [-0.4, -0.2) is 12.6 Å². The fourth-order valence-corrected chi connectivity index (χ4v) is 4.03. The van der Waals surface area contributed by atoms with Crippen LogP contribution in [0.15, 0.2) is 48.5 Å². The first kappa shape index (κ1) is 15.3. The van der Waals surface area contributed by atoms with Crippen molar-refractivity contribution in [3.63, 3.8) is 0 Å². The molecule has 1 fully saturated rings. The molecule has 3 rings (SSSR count). The van der Waals surface area contributed by atoms with E-state index in [4.69, 9.17) is 0 Å². The Balaban J connectivity index is 2.15. The Hall–Kier alpha value is -1.60. The summed E-state index contributed by atoms with van der Waals surface area (Å²) in [5, 5.41) is 3.77. The van der Waals surface area contributed by atoms with Crippen molar-refractivity contribution in [2.45, 2.75) is 51.5 Å². The van der Waals surface area contributed by atoms with Gasteiger partial charge in [0, 0.05) is 11.5 Å². The third-order valence-electron chi connectivity index (χ3n) is 5.35. The summed E-state index contributed by atoms with van der Waals surface area (Å²) in [5.41, 5.74) is 5.64. The lowest BCUT2D eigenvalue weighted by Crippen LogP contribution is -2.45. The van der Waals surface area contributed by atoms with E-state index in [0.29, 0.717) is 6.04 Å². The second-order valence-corrected chi connectivity index (χ2v) is 6.71. The maximum atomic E-state index is 3.77. The maximum absolute atomic E-state index is 3.77. The minimum atomic E-state index is 0.0812.